The second kappa shape index (κ2) is 9.85. The van der Waals surface area contributed by atoms with Crippen LogP contribution < -0.4 is 5.32 Å². The molecule has 2 saturated heterocycles. The number of hydrogen-bond acceptors (Lipinski definition) is 3. The van der Waals surface area contributed by atoms with E-state index in [0.29, 0.717) is 11.3 Å². The molecule has 0 atom stereocenters. The van der Waals surface area contributed by atoms with E-state index in [9.17, 15) is 4.79 Å². The van der Waals surface area contributed by atoms with Gasteiger partial charge in [-0.3, -0.25) is 4.99 Å². The average molecular weight is 506 g/mol. The molecule has 0 radical (unpaired) electrons. The second-order valence-electron chi connectivity index (χ2n) is 9.63. The van der Waals surface area contributed by atoms with Crippen molar-refractivity contribution in [3.63, 3.8) is 0 Å². The molecule has 1 aliphatic carbocycles. The maximum Gasteiger partial charge on any atom is 0.410 e. The van der Waals surface area contributed by atoms with E-state index < -0.39 is 5.60 Å². The minimum absolute atomic E-state index is 0. The fraction of sp³-hybridized carbons (Fsp3) is 0.905. The lowest BCUT2D eigenvalue weighted by molar-refractivity contribution is 0.0187. The number of ether oxygens (including phenoxy) is 1. The molecule has 3 aliphatic rings. The van der Waals surface area contributed by atoms with Crippen molar-refractivity contribution < 1.29 is 9.53 Å². The summed E-state index contributed by atoms with van der Waals surface area (Å²) in [5.74, 6) is 1.65. The average Bonchev–Trinajstić information content (AvgIpc) is 3.03. The minimum atomic E-state index is -0.424. The van der Waals surface area contributed by atoms with Gasteiger partial charge in [-0.25, -0.2) is 4.79 Å². The molecule has 0 bridgehead atoms. The number of carbonyl (C=O) groups excluding carboxylic acids is 1. The van der Waals surface area contributed by atoms with Crippen molar-refractivity contribution in [2.45, 2.75) is 71.8 Å². The summed E-state index contributed by atoms with van der Waals surface area (Å²) >= 11 is 0. The summed E-state index contributed by atoms with van der Waals surface area (Å²) in [7, 11) is 0. The first-order valence-corrected chi connectivity index (χ1v) is 10.8. The number of halogens is 1. The quantitative estimate of drug-likeness (QED) is 0.356. The zero-order valence-electron chi connectivity index (χ0n) is 18.1. The van der Waals surface area contributed by atoms with Gasteiger partial charge in [0.2, 0.25) is 0 Å². The zero-order chi connectivity index (χ0) is 19.5. The molecule has 1 saturated carbocycles. The molecule has 3 rings (SSSR count). The molecular weight excluding hydrogens is 467 g/mol. The smallest absolute Gasteiger partial charge is 0.410 e. The number of aliphatic imine (C=N–C) groups is 1. The second-order valence-corrected chi connectivity index (χ2v) is 9.63. The van der Waals surface area contributed by atoms with Gasteiger partial charge in [-0.1, -0.05) is 6.42 Å². The van der Waals surface area contributed by atoms with Crippen molar-refractivity contribution in [3.8, 4) is 0 Å². The molecule has 1 amide bonds. The molecule has 0 aromatic rings. The molecule has 162 valence electrons. The van der Waals surface area contributed by atoms with Crippen LogP contribution in [-0.4, -0.2) is 66.7 Å². The van der Waals surface area contributed by atoms with E-state index in [4.69, 9.17) is 9.73 Å². The third-order valence-electron chi connectivity index (χ3n) is 6.25. The fourth-order valence-electron chi connectivity index (χ4n) is 4.47. The molecule has 1 spiro atoms. The van der Waals surface area contributed by atoms with Crippen LogP contribution in [0.1, 0.15) is 66.2 Å². The van der Waals surface area contributed by atoms with Crippen LogP contribution in [0.15, 0.2) is 4.99 Å². The molecule has 0 aromatic heterocycles. The fourth-order valence-corrected chi connectivity index (χ4v) is 4.47. The highest BCUT2D eigenvalue weighted by atomic mass is 127. The Morgan fingerprint density at radius 3 is 2.32 bits per heavy atom. The summed E-state index contributed by atoms with van der Waals surface area (Å²) in [5.41, 5.74) is 0.168. The lowest BCUT2D eigenvalue weighted by Crippen LogP contribution is -2.44. The number of nitrogens with one attached hydrogen (secondary N) is 1. The summed E-state index contributed by atoms with van der Waals surface area (Å²) in [6.45, 7) is 13.5. The van der Waals surface area contributed by atoms with Crippen LogP contribution >= 0.6 is 24.0 Å². The third-order valence-corrected chi connectivity index (χ3v) is 6.25. The molecule has 7 heteroatoms. The summed E-state index contributed by atoms with van der Waals surface area (Å²) < 4.78 is 5.49. The number of rotatable bonds is 3. The molecule has 0 aromatic carbocycles. The molecule has 0 unspecified atom stereocenters. The first kappa shape index (κ1) is 23.5. The highest BCUT2D eigenvalue weighted by molar-refractivity contribution is 14.0. The van der Waals surface area contributed by atoms with Gasteiger partial charge in [0.05, 0.1) is 0 Å². The number of carbonyl (C=O) groups is 1. The van der Waals surface area contributed by atoms with Gasteiger partial charge in [-0.05, 0) is 71.1 Å². The van der Waals surface area contributed by atoms with Crippen molar-refractivity contribution >= 4 is 36.0 Å². The first-order valence-electron chi connectivity index (χ1n) is 10.8. The van der Waals surface area contributed by atoms with Crippen LogP contribution in [0, 0.1) is 11.3 Å². The Bertz CT molecular complexity index is 549. The van der Waals surface area contributed by atoms with Gasteiger partial charge in [0.25, 0.3) is 0 Å². The normalized spacial score (nSPS) is 22.6. The van der Waals surface area contributed by atoms with Crippen LogP contribution in [0.25, 0.3) is 0 Å². The predicted octanol–water partition coefficient (Wildman–Crippen LogP) is 4.09. The Balaban J connectivity index is 0.00000280. The van der Waals surface area contributed by atoms with Gasteiger partial charge in [-0.15, -0.1) is 24.0 Å². The Hall–Kier alpha value is -0.730. The largest absolute Gasteiger partial charge is 0.444 e. The summed E-state index contributed by atoms with van der Waals surface area (Å²) in [6.07, 6.45) is 7.35. The lowest BCUT2D eigenvalue weighted by Gasteiger charge is -2.38. The Labute approximate surface area is 187 Å². The van der Waals surface area contributed by atoms with Crippen LogP contribution in [-0.2, 0) is 4.74 Å². The highest BCUT2D eigenvalue weighted by Crippen LogP contribution is 2.47. The van der Waals surface area contributed by atoms with Gasteiger partial charge in [-0.2, -0.15) is 0 Å². The maximum atomic E-state index is 12.2. The van der Waals surface area contributed by atoms with Gasteiger partial charge < -0.3 is 19.9 Å². The molecule has 2 aliphatic heterocycles. The Morgan fingerprint density at radius 2 is 1.82 bits per heavy atom. The highest BCUT2D eigenvalue weighted by Gasteiger charge is 2.43. The lowest BCUT2D eigenvalue weighted by atomic mass is 9.68. The third kappa shape index (κ3) is 6.13. The van der Waals surface area contributed by atoms with E-state index in [-0.39, 0.29) is 30.1 Å². The van der Waals surface area contributed by atoms with E-state index >= 15 is 0 Å². The van der Waals surface area contributed by atoms with Crippen molar-refractivity contribution in [3.05, 3.63) is 0 Å². The van der Waals surface area contributed by atoms with E-state index in [1.807, 2.05) is 25.7 Å². The van der Waals surface area contributed by atoms with E-state index in [1.165, 1.54) is 32.2 Å². The van der Waals surface area contributed by atoms with Gasteiger partial charge in [0.15, 0.2) is 5.96 Å². The van der Waals surface area contributed by atoms with Crippen molar-refractivity contribution in [2.75, 3.05) is 39.3 Å². The van der Waals surface area contributed by atoms with E-state index in [0.717, 1.165) is 51.5 Å². The summed E-state index contributed by atoms with van der Waals surface area (Å²) in [5, 5.41) is 3.49. The minimum Gasteiger partial charge on any atom is -0.444 e. The van der Waals surface area contributed by atoms with Gasteiger partial charge in [0.1, 0.15) is 5.60 Å². The number of amides is 1. The summed E-state index contributed by atoms with van der Waals surface area (Å²) in [4.78, 5) is 21.5. The van der Waals surface area contributed by atoms with Gasteiger partial charge in [0, 0.05) is 39.3 Å². The molecule has 2 heterocycles. The first-order chi connectivity index (χ1) is 12.8. The molecule has 3 fully saturated rings. The number of likely N-dealkylation sites (tertiary alicyclic amines) is 2. The summed E-state index contributed by atoms with van der Waals surface area (Å²) in [6, 6.07) is 0. The number of hydrogen-bond donors (Lipinski definition) is 1. The predicted molar refractivity (Wildman–Crippen MR) is 124 cm³/mol. The number of nitrogens with zero attached hydrogens (tertiary/aromatic N) is 3. The maximum absolute atomic E-state index is 12.2. The molecule has 1 N–H and O–H groups in total. The van der Waals surface area contributed by atoms with Crippen molar-refractivity contribution in [2.24, 2.45) is 16.3 Å². The van der Waals surface area contributed by atoms with Crippen LogP contribution in [0.4, 0.5) is 4.79 Å². The van der Waals surface area contributed by atoms with Crippen LogP contribution in [0.5, 0.6) is 0 Å². The Morgan fingerprint density at radius 1 is 1.14 bits per heavy atom. The van der Waals surface area contributed by atoms with Crippen molar-refractivity contribution in [1.82, 2.24) is 15.1 Å². The zero-order valence-corrected chi connectivity index (χ0v) is 20.5. The number of guanidine groups is 1. The monoisotopic (exact) mass is 506 g/mol. The van der Waals surface area contributed by atoms with Crippen molar-refractivity contribution in [1.29, 1.82) is 0 Å². The molecule has 6 nitrogen and oxygen atoms in total. The van der Waals surface area contributed by atoms with E-state index in [2.05, 4.69) is 17.1 Å². The molecule has 28 heavy (non-hydrogen) atoms. The SMILES string of the molecule is CCNC(=NCC1CCN(C(=O)OC(C)(C)C)CC1)N1CCC2(CCC2)C1.I. The Kier molecular flexibility index (Phi) is 8.28. The van der Waals surface area contributed by atoms with Crippen LogP contribution in [0.2, 0.25) is 0 Å². The van der Waals surface area contributed by atoms with E-state index in [1.54, 1.807) is 0 Å². The van der Waals surface area contributed by atoms with Crippen LogP contribution in [0.3, 0.4) is 0 Å². The molecular formula is C21H39IN4O2. The number of piperidine rings is 1. The topological polar surface area (TPSA) is 57.2 Å². The van der Waals surface area contributed by atoms with Gasteiger partial charge >= 0.3 is 6.09 Å². The standard InChI is InChI=1S/C21H38N4O2.HI/c1-5-22-18(25-14-11-21(16-25)9-6-10-21)23-15-17-7-12-24(13-8-17)19(26)27-20(2,3)4;/h17H,5-16H2,1-4H3,(H,22,23);1H.